The highest BCUT2D eigenvalue weighted by Crippen LogP contribution is 2.40. The zero-order valence-electron chi connectivity index (χ0n) is 16.9. The summed E-state index contributed by atoms with van der Waals surface area (Å²) in [4.78, 5) is 37.2. The topological polar surface area (TPSA) is 98.7 Å². The van der Waals surface area contributed by atoms with Gasteiger partial charge in [0.05, 0.1) is 18.8 Å². The summed E-state index contributed by atoms with van der Waals surface area (Å²) in [6.45, 7) is 2.60. The fourth-order valence-corrected chi connectivity index (χ4v) is 4.53. The fourth-order valence-electron chi connectivity index (χ4n) is 4.53. The minimum Gasteiger partial charge on any atom is -0.391 e. The number of piperidine rings is 2. The van der Waals surface area contributed by atoms with Gasteiger partial charge in [0.15, 0.2) is 0 Å². The van der Waals surface area contributed by atoms with E-state index < -0.39 is 6.10 Å². The van der Waals surface area contributed by atoms with Gasteiger partial charge in [-0.25, -0.2) is 4.98 Å². The summed E-state index contributed by atoms with van der Waals surface area (Å²) in [5.41, 5.74) is 0.502. The molecule has 2 aliphatic rings. The van der Waals surface area contributed by atoms with Gasteiger partial charge >= 0.3 is 0 Å². The number of aliphatic hydroxyl groups excluding tert-OH is 1. The van der Waals surface area contributed by atoms with Gasteiger partial charge in [0, 0.05) is 44.1 Å². The number of likely N-dealkylation sites (tertiary alicyclic amines) is 1. The molecule has 2 aromatic rings. The van der Waals surface area contributed by atoms with Crippen LogP contribution in [0.5, 0.6) is 0 Å². The van der Waals surface area contributed by atoms with Crippen molar-refractivity contribution in [1.29, 1.82) is 0 Å². The molecule has 0 radical (unpaired) electrons. The van der Waals surface area contributed by atoms with Crippen LogP contribution in [0, 0.1) is 5.41 Å². The second-order valence-corrected chi connectivity index (χ2v) is 8.23. The average molecular weight is 409 g/mol. The van der Waals surface area contributed by atoms with Gasteiger partial charge in [-0.2, -0.15) is 0 Å². The minimum absolute atomic E-state index is 0.00488. The summed E-state index contributed by atoms with van der Waals surface area (Å²) in [6.07, 6.45) is 6.97. The summed E-state index contributed by atoms with van der Waals surface area (Å²) in [5.74, 6) is 0.460. The van der Waals surface area contributed by atoms with Crippen molar-refractivity contribution in [3.63, 3.8) is 0 Å². The van der Waals surface area contributed by atoms with E-state index in [1.54, 1.807) is 42.9 Å². The molecule has 2 aliphatic heterocycles. The van der Waals surface area contributed by atoms with Crippen LogP contribution in [-0.2, 0) is 4.79 Å². The maximum absolute atomic E-state index is 12.6. The first-order valence-electron chi connectivity index (χ1n) is 10.3. The van der Waals surface area contributed by atoms with Crippen LogP contribution >= 0.6 is 0 Å². The van der Waals surface area contributed by atoms with E-state index in [4.69, 9.17) is 0 Å². The van der Waals surface area contributed by atoms with Crippen LogP contribution in [0.15, 0.2) is 48.9 Å². The average Bonchev–Trinajstić information content (AvgIpc) is 2.78. The van der Waals surface area contributed by atoms with E-state index in [9.17, 15) is 14.7 Å². The SMILES string of the molecule is O=C(NCC(=O)N1CCC2(CC1)CC(O)CN(c1cnccn1)C2)c1ccccc1. The van der Waals surface area contributed by atoms with E-state index in [0.717, 1.165) is 31.6 Å². The Balaban J connectivity index is 1.31. The van der Waals surface area contributed by atoms with Crippen molar-refractivity contribution in [2.24, 2.45) is 5.41 Å². The molecule has 0 aliphatic carbocycles. The summed E-state index contributed by atoms with van der Waals surface area (Å²) in [7, 11) is 0. The summed E-state index contributed by atoms with van der Waals surface area (Å²) in [5, 5.41) is 13.2. The van der Waals surface area contributed by atoms with Crippen molar-refractivity contribution in [1.82, 2.24) is 20.2 Å². The van der Waals surface area contributed by atoms with Gasteiger partial charge < -0.3 is 20.2 Å². The van der Waals surface area contributed by atoms with E-state index in [0.29, 0.717) is 25.2 Å². The number of carbonyl (C=O) groups excluding carboxylic acids is 2. The van der Waals surface area contributed by atoms with Gasteiger partial charge in [0.25, 0.3) is 5.91 Å². The third-order valence-electron chi connectivity index (χ3n) is 6.11. The van der Waals surface area contributed by atoms with Gasteiger partial charge in [0.2, 0.25) is 5.91 Å². The number of nitrogens with one attached hydrogen (secondary N) is 1. The quantitative estimate of drug-likeness (QED) is 0.784. The summed E-state index contributed by atoms with van der Waals surface area (Å²) in [6, 6.07) is 8.88. The molecule has 1 unspecified atom stereocenters. The van der Waals surface area contributed by atoms with Crippen LogP contribution in [0.25, 0.3) is 0 Å². The molecule has 1 atom stereocenters. The number of hydrogen-bond acceptors (Lipinski definition) is 6. The summed E-state index contributed by atoms with van der Waals surface area (Å²) >= 11 is 0. The second-order valence-electron chi connectivity index (χ2n) is 8.23. The number of nitrogens with zero attached hydrogens (tertiary/aromatic N) is 4. The molecule has 2 N–H and O–H groups in total. The molecular weight excluding hydrogens is 382 g/mol. The number of benzene rings is 1. The number of amides is 2. The normalized spacial score (nSPS) is 20.8. The molecule has 0 bridgehead atoms. The zero-order valence-corrected chi connectivity index (χ0v) is 16.9. The molecule has 1 aromatic heterocycles. The molecule has 1 spiro atoms. The van der Waals surface area contributed by atoms with Crippen molar-refractivity contribution in [2.45, 2.75) is 25.4 Å². The van der Waals surface area contributed by atoms with E-state index in [1.165, 1.54) is 0 Å². The van der Waals surface area contributed by atoms with Crippen LogP contribution in [0.3, 0.4) is 0 Å². The first-order chi connectivity index (χ1) is 14.5. The largest absolute Gasteiger partial charge is 0.391 e. The van der Waals surface area contributed by atoms with Gasteiger partial charge in [-0.1, -0.05) is 18.2 Å². The first-order valence-corrected chi connectivity index (χ1v) is 10.3. The standard InChI is InChI=1S/C22H27N5O3/c28-18-12-22(16-27(15-18)19-13-23-8-9-24-19)6-10-26(11-7-22)20(29)14-25-21(30)17-4-2-1-3-5-17/h1-5,8-9,13,18,28H,6-7,10-12,14-16H2,(H,25,30). The number of carbonyl (C=O) groups is 2. The highest BCUT2D eigenvalue weighted by Gasteiger charge is 2.42. The molecule has 8 nitrogen and oxygen atoms in total. The number of aliphatic hydroxyl groups is 1. The molecular formula is C22H27N5O3. The number of anilines is 1. The Morgan fingerprint density at radius 3 is 2.63 bits per heavy atom. The Kier molecular flexibility index (Phi) is 5.94. The smallest absolute Gasteiger partial charge is 0.251 e. The van der Waals surface area contributed by atoms with Gasteiger partial charge in [-0.15, -0.1) is 0 Å². The van der Waals surface area contributed by atoms with Crippen molar-refractivity contribution in [2.75, 3.05) is 37.6 Å². The molecule has 8 heteroatoms. The lowest BCUT2D eigenvalue weighted by Crippen LogP contribution is -2.55. The third kappa shape index (κ3) is 4.59. The maximum atomic E-state index is 12.6. The van der Waals surface area contributed by atoms with Crippen LogP contribution in [0.4, 0.5) is 5.82 Å². The molecule has 3 heterocycles. The Morgan fingerprint density at radius 2 is 1.93 bits per heavy atom. The molecule has 1 aromatic carbocycles. The van der Waals surface area contributed by atoms with E-state index in [-0.39, 0.29) is 23.8 Å². The molecule has 158 valence electrons. The molecule has 2 fully saturated rings. The molecule has 2 amide bonds. The maximum Gasteiger partial charge on any atom is 0.251 e. The van der Waals surface area contributed by atoms with Crippen LogP contribution < -0.4 is 10.2 Å². The lowest BCUT2D eigenvalue weighted by Gasteiger charge is -2.49. The molecule has 30 heavy (non-hydrogen) atoms. The number of β-amino-alcohol motifs (C(OH)–C–C–N with tert-alkyl or cyclic N) is 1. The van der Waals surface area contributed by atoms with Crippen LogP contribution in [-0.4, -0.2) is 70.6 Å². The van der Waals surface area contributed by atoms with Gasteiger partial charge in [-0.05, 0) is 36.8 Å². The predicted octanol–water partition coefficient (Wildman–Crippen LogP) is 1.09. The fraction of sp³-hybridized carbons (Fsp3) is 0.455. The Morgan fingerprint density at radius 1 is 1.17 bits per heavy atom. The molecule has 0 saturated carbocycles. The van der Waals surface area contributed by atoms with Crippen molar-refractivity contribution in [3.8, 4) is 0 Å². The number of rotatable bonds is 4. The summed E-state index contributed by atoms with van der Waals surface area (Å²) < 4.78 is 0. The Labute approximate surface area is 175 Å². The third-order valence-corrected chi connectivity index (χ3v) is 6.11. The monoisotopic (exact) mass is 409 g/mol. The van der Waals surface area contributed by atoms with Gasteiger partial charge in [0.1, 0.15) is 5.82 Å². The van der Waals surface area contributed by atoms with Crippen LogP contribution in [0.1, 0.15) is 29.6 Å². The number of hydrogen-bond donors (Lipinski definition) is 2. The lowest BCUT2D eigenvalue weighted by molar-refractivity contribution is -0.132. The molecule has 4 rings (SSSR count). The van der Waals surface area contributed by atoms with E-state index >= 15 is 0 Å². The van der Waals surface area contributed by atoms with Gasteiger partial charge in [-0.3, -0.25) is 14.6 Å². The molecule has 2 saturated heterocycles. The van der Waals surface area contributed by atoms with E-state index in [2.05, 4.69) is 20.2 Å². The zero-order chi connectivity index (χ0) is 21.0. The minimum atomic E-state index is -0.423. The van der Waals surface area contributed by atoms with Crippen LogP contribution in [0.2, 0.25) is 0 Å². The Bertz CT molecular complexity index is 869. The highest BCUT2D eigenvalue weighted by molar-refractivity contribution is 5.96. The lowest BCUT2D eigenvalue weighted by atomic mass is 9.71. The van der Waals surface area contributed by atoms with E-state index in [1.807, 2.05) is 11.0 Å². The van der Waals surface area contributed by atoms with Crippen molar-refractivity contribution in [3.05, 3.63) is 54.5 Å². The Hall–Kier alpha value is -3.00. The second kappa shape index (κ2) is 8.79. The first kappa shape index (κ1) is 20.3. The predicted molar refractivity (Wildman–Crippen MR) is 112 cm³/mol. The highest BCUT2D eigenvalue weighted by atomic mass is 16.3. The van der Waals surface area contributed by atoms with Crippen molar-refractivity contribution < 1.29 is 14.7 Å². The number of aromatic nitrogens is 2. The van der Waals surface area contributed by atoms with Crippen molar-refractivity contribution >= 4 is 17.6 Å².